The number of halogens is 1. The topological polar surface area (TPSA) is 36.2 Å². The molecule has 7 heavy (non-hydrogen) atoms. The van der Waals surface area contributed by atoms with Crippen molar-refractivity contribution in [2.24, 2.45) is 4.40 Å². The Balaban J connectivity index is 3.14. The van der Waals surface area contributed by atoms with Crippen molar-refractivity contribution >= 4 is 43.8 Å². The van der Waals surface area contributed by atoms with E-state index in [9.17, 15) is 0 Å². The van der Waals surface area contributed by atoms with Crippen molar-refractivity contribution in [3.05, 3.63) is 0 Å². The first-order chi connectivity index (χ1) is 3.27. The van der Waals surface area contributed by atoms with E-state index in [4.69, 9.17) is 5.41 Å². The highest BCUT2D eigenvalue weighted by molar-refractivity contribution is 14.1. The second kappa shape index (κ2) is 4.58. The van der Waals surface area contributed by atoms with Gasteiger partial charge in [0, 0.05) is 11.9 Å². The first-order valence-electron chi connectivity index (χ1n) is 1.61. The van der Waals surface area contributed by atoms with E-state index in [1.807, 2.05) is 22.6 Å². The van der Waals surface area contributed by atoms with Crippen LogP contribution in [0.2, 0.25) is 0 Å². The lowest BCUT2D eigenvalue weighted by Crippen LogP contribution is -1.71. The van der Waals surface area contributed by atoms with E-state index in [1.165, 1.54) is 11.9 Å². The molecule has 0 amide bonds. The van der Waals surface area contributed by atoms with Gasteiger partial charge in [-0.3, -0.25) is 5.41 Å². The summed E-state index contributed by atoms with van der Waals surface area (Å²) in [7, 11) is 0. The SMILES string of the molecule is CC(=N)SN=CI. The number of hydrogen-bond donors (Lipinski definition) is 1. The average Bonchev–Trinajstić information content (AvgIpc) is 1.61. The summed E-state index contributed by atoms with van der Waals surface area (Å²) in [4.78, 5) is 0. The fourth-order valence-corrected chi connectivity index (χ4v) is 0.638. The molecule has 0 aliphatic rings. The van der Waals surface area contributed by atoms with E-state index in [1.54, 1.807) is 11.1 Å². The van der Waals surface area contributed by atoms with Crippen LogP contribution >= 0.6 is 34.5 Å². The predicted molar refractivity (Wildman–Crippen MR) is 43.5 cm³/mol. The van der Waals surface area contributed by atoms with Crippen molar-refractivity contribution in [3.63, 3.8) is 0 Å². The molecule has 1 N–H and O–H groups in total. The molecule has 0 heterocycles. The Morgan fingerprint density at radius 3 is 2.71 bits per heavy atom. The van der Waals surface area contributed by atoms with Gasteiger partial charge in [-0.15, -0.1) is 0 Å². The van der Waals surface area contributed by atoms with Gasteiger partial charge in [-0.25, -0.2) is 4.40 Å². The minimum Gasteiger partial charge on any atom is -0.297 e. The van der Waals surface area contributed by atoms with E-state index >= 15 is 0 Å². The zero-order valence-corrected chi connectivity index (χ0v) is 6.78. The minimum absolute atomic E-state index is 0.521. The lowest BCUT2D eigenvalue weighted by Gasteiger charge is -1.80. The van der Waals surface area contributed by atoms with Crippen molar-refractivity contribution in [1.29, 1.82) is 5.41 Å². The van der Waals surface area contributed by atoms with Crippen LogP contribution in [0.4, 0.5) is 0 Å². The van der Waals surface area contributed by atoms with Gasteiger partial charge in [-0.1, -0.05) is 0 Å². The number of rotatable bonds is 1. The van der Waals surface area contributed by atoms with E-state index in [0.29, 0.717) is 5.04 Å². The summed E-state index contributed by atoms with van der Waals surface area (Å²) in [5, 5.41) is 7.36. The van der Waals surface area contributed by atoms with Gasteiger partial charge in [0.25, 0.3) is 0 Å². The van der Waals surface area contributed by atoms with Gasteiger partial charge in [0.2, 0.25) is 0 Å². The Kier molecular flexibility index (Phi) is 4.85. The molecule has 0 spiro atoms. The fraction of sp³-hybridized carbons (Fsp3) is 0.333. The van der Waals surface area contributed by atoms with E-state index in [-0.39, 0.29) is 0 Å². The summed E-state index contributed by atoms with van der Waals surface area (Å²) in [5.41, 5.74) is 0. The van der Waals surface area contributed by atoms with Gasteiger partial charge in [-0.05, 0) is 29.5 Å². The zero-order chi connectivity index (χ0) is 5.70. The quantitative estimate of drug-likeness (QED) is 0.317. The van der Waals surface area contributed by atoms with Gasteiger partial charge in [0.05, 0.1) is 9.27 Å². The lowest BCUT2D eigenvalue weighted by atomic mass is 10.9. The molecule has 2 nitrogen and oxygen atoms in total. The average molecular weight is 228 g/mol. The van der Waals surface area contributed by atoms with Crippen LogP contribution < -0.4 is 0 Å². The van der Waals surface area contributed by atoms with E-state index < -0.39 is 0 Å². The van der Waals surface area contributed by atoms with E-state index in [2.05, 4.69) is 4.40 Å². The molecule has 0 aromatic rings. The summed E-state index contributed by atoms with van der Waals surface area (Å²) in [6.45, 7) is 1.70. The Labute approximate surface area is 60.6 Å². The van der Waals surface area contributed by atoms with Crippen LogP contribution in [0.15, 0.2) is 4.40 Å². The normalized spacial score (nSPS) is 10.0. The third-order valence-electron chi connectivity index (χ3n) is 0.229. The lowest BCUT2D eigenvalue weighted by molar-refractivity contribution is 1.53. The summed E-state index contributed by atoms with van der Waals surface area (Å²) < 4.78 is 5.36. The molecule has 40 valence electrons. The highest BCUT2D eigenvalue weighted by atomic mass is 127. The highest BCUT2D eigenvalue weighted by Crippen LogP contribution is 2.01. The van der Waals surface area contributed by atoms with Gasteiger partial charge in [0.15, 0.2) is 0 Å². The molecule has 0 aliphatic carbocycles. The molecule has 0 saturated heterocycles. The first kappa shape index (κ1) is 7.42. The number of hydrogen-bond acceptors (Lipinski definition) is 3. The molecular formula is C3H5IN2S. The predicted octanol–water partition coefficient (Wildman–Crippen LogP) is 2.10. The van der Waals surface area contributed by atoms with Crippen LogP contribution in [0, 0.1) is 5.41 Å². The maximum atomic E-state index is 6.84. The standard InChI is InChI=1S/C3H5IN2S/c1-3(5)7-6-2-4/h2,5H,1H3. The zero-order valence-electron chi connectivity index (χ0n) is 3.81. The molecule has 0 unspecified atom stereocenters. The van der Waals surface area contributed by atoms with Crippen molar-refractivity contribution in [3.8, 4) is 0 Å². The molecule has 0 rings (SSSR count). The number of nitrogens with one attached hydrogen (secondary N) is 1. The summed E-state index contributed by atoms with van der Waals surface area (Å²) >= 11 is 3.19. The highest BCUT2D eigenvalue weighted by Gasteiger charge is 1.78. The van der Waals surface area contributed by atoms with Crippen molar-refractivity contribution in [2.75, 3.05) is 0 Å². The second-order valence-electron chi connectivity index (χ2n) is 0.850. The van der Waals surface area contributed by atoms with Crippen molar-refractivity contribution in [1.82, 2.24) is 0 Å². The molecule has 0 saturated carbocycles. The van der Waals surface area contributed by atoms with Gasteiger partial charge < -0.3 is 0 Å². The second-order valence-corrected chi connectivity index (χ2v) is 2.41. The molecule has 0 bridgehead atoms. The molecule has 0 aromatic carbocycles. The van der Waals surface area contributed by atoms with Gasteiger partial charge in [0.1, 0.15) is 0 Å². The smallest absolute Gasteiger partial charge is 0.0838 e. The summed E-state index contributed by atoms with van der Waals surface area (Å²) in [5.74, 6) is 0. The van der Waals surface area contributed by atoms with Gasteiger partial charge >= 0.3 is 0 Å². The largest absolute Gasteiger partial charge is 0.297 e. The van der Waals surface area contributed by atoms with Crippen molar-refractivity contribution in [2.45, 2.75) is 6.92 Å². The Hall–Kier alpha value is 0.420. The minimum atomic E-state index is 0.521. The third kappa shape index (κ3) is 6.42. The Morgan fingerprint density at radius 2 is 2.57 bits per heavy atom. The van der Waals surface area contributed by atoms with Crippen LogP contribution in [0.3, 0.4) is 0 Å². The van der Waals surface area contributed by atoms with Crippen LogP contribution in [-0.4, -0.2) is 9.27 Å². The molecule has 0 aromatic heterocycles. The monoisotopic (exact) mass is 228 g/mol. The third-order valence-corrected chi connectivity index (χ3v) is 1.37. The van der Waals surface area contributed by atoms with Crippen LogP contribution in [-0.2, 0) is 0 Å². The van der Waals surface area contributed by atoms with Crippen molar-refractivity contribution < 1.29 is 0 Å². The van der Waals surface area contributed by atoms with Crippen LogP contribution in [0.1, 0.15) is 6.92 Å². The molecule has 0 fully saturated rings. The Morgan fingerprint density at radius 1 is 2.00 bits per heavy atom. The number of nitrogens with zero attached hydrogens (tertiary/aromatic N) is 1. The van der Waals surface area contributed by atoms with Crippen LogP contribution in [0.5, 0.6) is 0 Å². The van der Waals surface area contributed by atoms with E-state index in [0.717, 1.165) is 0 Å². The van der Waals surface area contributed by atoms with Gasteiger partial charge in [-0.2, -0.15) is 0 Å². The molecule has 0 atom stereocenters. The maximum absolute atomic E-state index is 6.84. The summed E-state index contributed by atoms with van der Waals surface area (Å²) in [6.07, 6.45) is 0. The molecule has 0 radical (unpaired) electrons. The molecule has 0 aliphatic heterocycles. The fourth-order valence-electron chi connectivity index (χ4n) is 0.0990. The Bertz CT molecular complexity index is 90.9. The molecular weight excluding hydrogens is 223 g/mol. The molecule has 4 heteroatoms. The maximum Gasteiger partial charge on any atom is 0.0838 e. The van der Waals surface area contributed by atoms with Crippen LogP contribution in [0.25, 0.3) is 0 Å². The first-order valence-corrected chi connectivity index (χ1v) is 3.63. The summed E-state index contributed by atoms with van der Waals surface area (Å²) in [6, 6.07) is 0.